The van der Waals surface area contributed by atoms with Crippen molar-refractivity contribution in [3.63, 3.8) is 0 Å². The monoisotopic (exact) mass is 309 g/mol. The highest BCUT2D eigenvalue weighted by Crippen LogP contribution is 2.25. The van der Waals surface area contributed by atoms with E-state index in [1.807, 2.05) is 6.07 Å². The molecule has 0 fully saturated rings. The second kappa shape index (κ2) is 7.01. The number of rotatable bonds is 5. The maximum atomic E-state index is 11.9. The second-order valence-corrected chi connectivity index (χ2v) is 5.76. The zero-order chi connectivity index (χ0) is 14.4. The number of ether oxygens (including phenoxy) is 1. The molecule has 2 aromatic rings. The van der Waals surface area contributed by atoms with Gasteiger partial charge in [-0.2, -0.15) is 0 Å². The van der Waals surface area contributed by atoms with E-state index in [4.69, 9.17) is 0 Å². The third-order valence-corrected chi connectivity index (χ3v) is 4.15. The van der Waals surface area contributed by atoms with Gasteiger partial charge in [0.05, 0.1) is 12.9 Å². The molecule has 0 unspecified atom stereocenters. The summed E-state index contributed by atoms with van der Waals surface area (Å²) < 4.78 is 5.12. The maximum absolute atomic E-state index is 11.9. The van der Waals surface area contributed by atoms with E-state index in [2.05, 4.69) is 20.3 Å². The summed E-state index contributed by atoms with van der Waals surface area (Å²) in [5.41, 5.74) is 0.548. The Hall–Kier alpha value is -1.93. The number of methoxy groups -OCH3 is 1. The van der Waals surface area contributed by atoms with Gasteiger partial charge in [0.25, 0.3) is 5.91 Å². The van der Waals surface area contributed by atoms with E-state index < -0.39 is 0 Å². The summed E-state index contributed by atoms with van der Waals surface area (Å²) in [6.45, 7) is 0. The summed E-state index contributed by atoms with van der Waals surface area (Å²) in [5.74, 6) is -0.413. The Morgan fingerprint density at radius 1 is 1.30 bits per heavy atom. The van der Waals surface area contributed by atoms with Crippen LogP contribution in [0.4, 0.5) is 5.13 Å². The van der Waals surface area contributed by atoms with Gasteiger partial charge in [0.1, 0.15) is 0 Å². The third-order valence-electron chi connectivity index (χ3n) is 2.20. The predicted octanol–water partition coefficient (Wildman–Crippen LogP) is 2.06. The van der Waals surface area contributed by atoms with Gasteiger partial charge in [-0.1, -0.05) is 41.3 Å². The molecule has 0 bridgehead atoms. The van der Waals surface area contributed by atoms with Crippen molar-refractivity contribution < 1.29 is 14.3 Å². The average molecular weight is 309 g/mol. The van der Waals surface area contributed by atoms with Crippen LogP contribution in [-0.2, 0) is 9.53 Å². The number of nitrogens with zero attached hydrogens (tertiary/aromatic N) is 2. The summed E-state index contributed by atoms with van der Waals surface area (Å²) >= 11 is 2.43. The third kappa shape index (κ3) is 4.04. The zero-order valence-corrected chi connectivity index (χ0v) is 12.2. The molecule has 2 rings (SSSR count). The Kier molecular flexibility index (Phi) is 5.08. The Morgan fingerprint density at radius 3 is 2.75 bits per heavy atom. The highest BCUT2D eigenvalue weighted by Gasteiger charge is 2.11. The van der Waals surface area contributed by atoms with Gasteiger partial charge in [-0.15, -0.1) is 10.2 Å². The molecule has 0 atom stereocenters. The van der Waals surface area contributed by atoms with Crippen molar-refractivity contribution in [1.82, 2.24) is 10.2 Å². The van der Waals surface area contributed by atoms with Crippen molar-refractivity contribution in [2.45, 2.75) is 4.34 Å². The van der Waals surface area contributed by atoms with E-state index in [1.54, 1.807) is 24.3 Å². The number of nitrogens with one attached hydrogen (secondary N) is 1. The van der Waals surface area contributed by atoms with E-state index >= 15 is 0 Å². The minimum Gasteiger partial charge on any atom is -0.468 e. The number of hydrogen-bond acceptors (Lipinski definition) is 7. The number of hydrogen-bond donors (Lipinski definition) is 1. The van der Waals surface area contributed by atoms with E-state index in [1.165, 1.54) is 30.2 Å². The Labute approximate surface area is 123 Å². The van der Waals surface area contributed by atoms with Crippen LogP contribution in [0, 0.1) is 0 Å². The molecule has 104 valence electrons. The van der Waals surface area contributed by atoms with Crippen molar-refractivity contribution in [2.24, 2.45) is 0 Å². The number of carbonyl (C=O) groups is 2. The number of benzene rings is 1. The molecule has 0 saturated carbocycles. The lowest BCUT2D eigenvalue weighted by Crippen LogP contribution is -2.11. The van der Waals surface area contributed by atoms with Crippen molar-refractivity contribution in [3.05, 3.63) is 35.9 Å². The molecule has 0 spiro atoms. The number of esters is 1. The van der Waals surface area contributed by atoms with Crippen LogP contribution >= 0.6 is 23.1 Å². The minimum atomic E-state index is -0.333. The molecule has 0 saturated heterocycles. The lowest BCUT2D eigenvalue weighted by Gasteiger charge is -1.99. The van der Waals surface area contributed by atoms with Crippen molar-refractivity contribution in [2.75, 3.05) is 18.2 Å². The Bertz CT molecular complexity index is 601. The van der Waals surface area contributed by atoms with Gasteiger partial charge in [-0.05, 0) is 12.1 Å². The molecular weight excluding hydrogens is 298 g/mol. The number of carbonyl (C=O) groups excluding carboxylic acids is 2. The van der Waals surface area contributed by atoms with E-state index in [9.17, 15) is 9.59 Å². The van der Waals surface area contributed by atoms with Crippen molar-refractivity contribution >= 4 is 40.1 Å². The van der Waals surface area contributed by atoms with Crippen LogP contribution in [-0.4, -0.2) is 34.9 Å². The van der Waals surface area contributed by atoms with Crippen LogP contribution in [0.5, 0.6) is 0 Å². The van der Waals surface area contributed by atoms with Gasteiger partial charge >= 0.3 is 5.97 Å². The van der Waals surface area contributed by atoms with E-state index in [-0.39, 0.29) is 17.6 Å². The molecule has 1 amide bonds. The van der Waals surface area contributed by atoms with Gasteiger partial charge in [-0.3, -0.25) is 14.9 Å². The van der Waals surface area contributed by atoms with Gasteiger partial charge in [0.15, 0.2) is 4.34 Å². The van der Waals surface area contributed by atoms with E-state index in [0.717, 1.165) is 0 Å². The van der Waals surface area contributed by atoms with E-state index in [0.29, 0.717) is 15.0 Å². The van der Waals surface area contributed by atoms with Crippen LogP contribution in [0.2, 0.25) is 0 Å². The molecule has 20 heavy (non-hydrogen) atoms. The number of amides is 1. The molecule has 8 heteroatoms. The summed E-state index contributed by atoms with van der Waals surface area (Å²) in [7, 11) is 1.33. The first-order valence-electron chi connectivity index (χ1n) is 5.58. The van der Waals surface area contributed by atoms with Crippen LogP contribution in [0.3, 0.4) is 0 Å². The van der Waals surface area contributed by atoms with Crippen molar-refractivity contribution in [3.8, 4) is 0 Å². The number of anilines is 1. The molecule has 6 nitrogen and oxygen atoms in total. The van der Waals surface area contributed by atoms with Gasteiger partial charge < -0.3 is 4.74 Å². The van der Waals surface area contributed by atoms with Crippen LogP contribution in [0.25, 0.3) is 0 Å². The number of aromatic nitrogens is 2. The largest absolute Gasteiger partial charge is 0.468 e. The average Bonchev–Trinajstić information content (AvgIpc) is 2.93. The highest BCUT2D eigenvalue weighted by atomic mass is 32.2. The Morgan fingerprint density at radius 2 is 2.05 bits per heavy atom. The molecule has 1 N–H and O–H groups in total. The predicted molar refractivity (Wildman–Crippen MR) is 77.0 cm³/mol. The smallest absolute Gasteiger partial charge is 0.316 e. The molecule has 0 aliphatic heterocycles. The molecule has 0 aliphatic rings. The van der Waals surface area contributed by atoms with Gasteiger partial charge in [-0.25, -0.2) is 0 Å². The standard InChI is InChI=1S/C12H11N3O3S2/c1-18-9(16)7-19-12-15-14-11(20-12)13-10(17)8-5-3-2-4-6-8/h2-6H,7H2,1H3,(H,13,14,17). The molecule has 1 aromatic carbocycles. The normalized spacial score (nSPS) is 10.1. The first-order chi connectivity index (χ1) is 9.69. The SMILES string of the molecule is COC(=O)CSc1nnc(NC(=O)c2ccccc2)s1. The summed E-state index contributed by atoms with van der Waals surface area (Å²) in [6.07, 6.45) is 0. The summed E-state index contributed by atoms with van der Waals surface area (Å²) in [6, 6.07) is 8.83. The van der Waals surface area contributed by atoms with Crippen LogP contribution < -0.4 is 5.32 Å². The lowest BCUT2D eigenvalue weighted by molar-refractivity contribution is -0.137. The van der Waals surface area contributed by atoms with Crippen molar-refractivity contribution in [1.29, 1.82) is 0 Å². The fraction of sp³-hybridized carbons (Fsp3) is 0.167. The highest BCUT2D eigenvalue weighted by molar-refractivity contribution is 8.01. The van der Waals surface area contributed by atoms with Crippen LogP contribution in [0.1, 0.15) is 10.4 Å². The molecule has 1 aromatic heterocycles. The number of thioether (sulfide) groups is 1. The second-order valence-electron chi connectivity index (χ2n) is 3.56. The minimum absolute atomic E-state index is 0.164. The Balaban J connectivity index is 1.93. The van der Waals surface area contributed by atoms with Gasteiger partial charge in [0.2, 0.25) is 5.13 Å². The molecule has 0 radical (unpaired) electrons. The zero-order valence-electron chi connectivity index (χ0n) is 10.5. The fourth-order valence-corrected chi connectivity index (χ4v) is 2.84. The quantitative estimate of drug-likeness (QED) is 0.517. The first-order valence-corrected chi connectivity index (χ1v) is 7.39. The topological polar surface area (TPSA) is 81.2 Å². The summed E-state index contributed by atoms with van der Waals surface area (Å²) in [5, 5.41) is 10.8. The van der Waals surface area contributed by atoms with Crippen LogP contribution in [0.15, 0.2) is 34.7 Å². The fourth-order valence-electron chi connectivity index (χ4n) is 1.26. The molecule has 1 heterocycles. The molecule has 0 aliphatic carbocycles. The van der Waals surface area contributed by atoms with Gasteiger partial charge in [0, 0.05) is 5.56 Å². The maximum Gasteiger partial charge on any atom is 0.316 e. The summed E-state index contributed by atoms with van der Waals surface area (Å²) in [4.78, 5) is 22.9. The first kappa shape index (κ1) is 14.5. The molecular formula is C12H11N3O3S2. The lowest BCUT2D eigenvalue weighted by atomic mass is 10.2.